The molecule has 0 atom stereocenters. The molecule has 0 radical (unpaired) electrons. The number of nitrogens with one attached hydrogen (secondary N) is 1. The average molecular weight is 283 g/mol. The molecule has 2 rings (SSSR count). The summed E-state index contributed by atoms with van der Waals surface area (Å²) < 4.78 is 1.15. The van der Waals surface area contributed by atoms with Crippen LogP contribution < -0.4 is 10.2 Å². The van der Waals surface area contributed by atoms with Crippen LogP contribution in [0.3, 0.4) is 0 Å². The zero-order valence-corrected chi connectivity index (χ0v) is 11.5. The molecule has 0 spiro atoms. The first-order valence-corrected chi connectivity index (χ1v) is 6.67. The molecular formula is C13H19BrN2. The lowest BCUT2D eigenvalue weighted by atomic mass is 10.2. The molecule has 0 unspecified atom stereocenters. The van der Waals surface area contributed by atoms with Crippen molar-refractivity contribution in [1.29, 1.82) is 0 Å². The Labute approximate surface area is 106 Å². The summed E-state index contributed by atoms with van der Waals surface area (Å²) in [5, 5.41) is 3.54. The minimum Gasteiger partial charge on any atom is -0.373 e. The van der Waals surface area contributed by atoms with Crippen molar-refractivity contribution in [2.75, 3.05) is 25.0 Å². The molecule has 1 fully saturated rings. The monoisotopic (exact) mass is 282 g/mol. The number of halogens is 1. The summed E-state index contributed by atoms with van der Waals surface area (Å²) in [6, 6.07) is 7.24. The summed E-state index contributed by atoms with van der Waals surface area (Å²) in [6.07, 6.45) is 2.72. The Bertz CT molecular complexity index is 361. The van der Waals surface area contributed by atoms with Gasteiger partial charge >= 0.3 is 0 Å². The summed E-state index contributed by atoms with van der Waals surface area (Å²) in [7, 11) is 2.16. The molecule has 2 nitrogen and oxygen atoms in total. The third-order valence-electron chi connectivity index (χ3n) is 3.04. The molecule has 1 saturated carbocycles. The van der Waals surface area contributed by atoms with E-state index in [4.69, 9.17) is 0 Å². The van der Waals surface area contributed by atoms with Crippen LogP contribution in [-0.2, 0) is 0 Å². The zero-order chi connectivity index (χ0) is 11.5. The van der Waals surface area contributed by atoms with Crippen LogP contribution >= 0.6 is 15.9 Å². The second-order valence-corrected chi connectivity index (χ2v) is 5.50. The molecule has 0 aromatic heterocycles. The quantitative estimate of drug-likeness (QED) is 0.893. The van der Waals surface area contributed by atoms with Crippen molar-refractivity contribution in [2.45, 2.75) is 25.8 Å². The third-order valence-corrected chi connectivity index (χ3v) is 3.53. The molecular weight excluding hydrogens is 264 g/mol. The highest BCUT2D eigenvalue weighted by atomic mass is 79.9. The fourth-order valence-electron chi connectivity index (χ4n) is 1.84. The van der Waals surface area contributed by atoms with Crippen LogP contribution in [0.25, 0.3) is 0 Å². The van der Waals surface area contributed by atoms with Crippen LogP contribution in [0.5, 0.6) is 0 Å². The Balaban J connectivity index is 1.90. The Hall–Kier alpha value is -0.540. The Kier molecular flexibility index (Phi) is 3.87. The number of benzene rings is 1. The van der Waals surface area contributed by atoms with Gasteiger partial charge in [-0.3, -0.25) is 0 Å². The van der Waals surface area contributed by atoms with E-state index in [-0.39, 0.29) is 0 Å². The van der Waals surface area contributed by atoms with Gasteiger partial charge in [-0.05, 0) is 37.5 Å². The van der Waals surface area contributed by atoms with Gasteiger partial charge in [0, 0.05) is 36.3 Å². The Morgan fingerprint density at radius 1 is 1.44 bits per heavy atom. The van der Waals surface area contributed by atoms with Gasteiger partial charge in [-0.15, -0.1) is 0 Å². The van der Waals surface area contributed by atoms with E-state index >= 15 is 0 Å². The molecule has 0 saturated heterocycles. The van der Waals surface area contributed by atoms with Crippen molar-refractivity contribution in [3.8, 4) is 0 Å². The third kappa shape index (κ3) is 3.22. The minimum absolute atomic E-state index is 0.803. The van der Waals surface area contributed by atoms with Crippen LogP contribution in [0.2, 0.25) is 0 Å². The van der Waals surface area contributed by atoms with Gasteiger partial charge in [-0.25, -0.2) is 0 Å². The van der Waals surface area contributed by atoms with E-state index < -0.39 is 0 Å². The van der Waals surface area contributed by atoms with E-state index in [0.717, 1.165) is 23.6 Å². The number of hydrogen-bond donors (Lipinski definition) is 1. The van der Waals surface area contributed by atoms with Crippen molar-refractivity contribution < 1.29 is 0 Å². The maximum atomic E-state index is 3.54. The molecule has 1 aliphatic carbocycles. The maximum Gasteiger partial charge on any atom is 0.0405 e. The summed E-state index contributed by atoms with van der Waals surface area (Å²) >= 11 is 3.52. The number of aryl methyl sites for hydroxylation is 1. The number of rotatable bonds is 5. The fraction of sp³-hybridized carbons (Fsp3) is 0.538. The van der Waals surface area contributed by atoms with Gasteiger partial charge in [0.05, 0.1) is 0 Å². The van der Waals surface area contributed by atoms with Crippen LogP contribution in [0, 0.1) is 6.92 Å². The molecule has 3 heteroatoms. The molecule has 88 valence electrons. The lowest BCUT2D eigenvalue weighted by molar-refractivity contribution is 0.674. The first-order chi connectivity index (χ1) is 7.66. The lowest BCUT2D eigenvalue weighted by Crippen LogP contribution is -2.30. The first kappa shape index (κ1) is 11.9. The van der Waals surface area contributed by atoms with E-state index in [9.17, 15) is 0 Å². The van der Waals surface area contributed by atoms with Crippen molar-refractivity contribution >= 4 is 21.6 Å². The summed E-state index contributed by atoms with van der Waals surface area (Å²) in [5.41, 5.74) is 2.64. The molecule has 0 heterocycles. The summed E-state index contributed by atoms with van der Waals surface area (Å²) in [4.78, 5) is 2.31. The number of anilines is 1. The van der Waals surface area contributed by atoms with Crippen molar-refractivity contribution in [2.24, 2.45) is 0 Å². The minimum atomic E-state index is 0.803. The van der Waals surface area contributed by atoms with Crippen LogP contribution in [0.1, 0.15) is 18.4 Å². The first-order valence-electron chi connectivity index (χ1n) is 5.87. The van der Waals surface area contributed by atoms with Gasteiger partial charge in [0.1, 0.15) is 0 Å². The number of likely N-dealkylation sites (N-methyl/N-ethyl adjacent to an activating group) is 1. The van der Waals surface area contributed by atoms with Gasteiger partial charge in [0.15, 0.2) is 0 Å². The standard InChI is InChI=1S/C13H19BrN2/c1-10-3-4-11(14)9-13(10)16(2)8-7-15-12-5-6-12/h3-4,9,12,15H,5-8H2,1-2H3. The smallest absolute Gasteiger partial charge is 0.0405 e. The van der Waals surface area contributed by atoms with Gasteiger partial charge in [-0.1, -0.05) is 22.0 Å². The molecule has 1 aromatic carbocycles. The van der Waals surface area contributed by atoms with E-state index in [0.29, 0.717) is 0 Å². The highest BCUT2D eigenvalue weighted by molar-refractivity contribution is 9.10. The largest absolute Gasteiger partial charge is 0.373 e. The predicted octanol–water partition coefficient (Wildman–Crippen LogP) is 2.95. The molecule has 0 bridgehead atoms. The van der Waals surface area contributed by atoms with Crippen LogP contribution in [0.15, 0.2) is 22.7 Å². The molecule has 16 heavy (non-hydrogen) atoms. The molecule has 1 aromatic rings. The molecule has 1 N–H and O–H groups in total. The van der Waals surface area contributed by atoms with Crippen molar-refractivity contribution in [1.82, 2.24) is 5.32 Å². The van der Waals surface area contributed by atoms with Crippen LogP contribution in [-0.4, -0.2) is 26.2 Å². The summed E-state index contributed by atoms with van der Waals surface area (Å²) in [6.45, 7) is 4.30. The predicted molar refractivity (Wildman–Crippen MR) is 73.2 cm³/mol. The van der Waals surface area contributed by atoms with Crippen molar-refractivity contribution in [3.05, 3.63) is 28.2 Å². The van der Waals surface area contributed by atoms with E-state index in [1.54, 1.807) is 0 Å². The maximum absolute atomic E-state index is 3.54. The Morgan fingerprint density at radius 2 is 2.19 bits per heavy atom. The second-order valence-electron chi connectivity index (χ2n) is 4.58. The lowest BCUT2D eigenvalue weighted by Gasteiger charge is -2.22. The molecule has 0 aliphatic heterocycles. The zero-order valence-electron chi connectivity index (χ0n) is 9.96. The van der Waals surface area contributed by atoms with Crippen LogP contribution in [0.4, 0.5) is 5.69 Å². The molecule has 1 aliphatic rings. The highest BCUT2D eigenvalue weighted by Crippen LogP contribution is 2.23. The SMILES string of the molecule is Cc1ccc(Br)cc1N(C)CCNC1CC1. The fourth-order valence-corrected chi connectivity index (χ4v) is 2.19. The normalized spacial score (nSPS) is 15.2. The summed E-state index contributed by atoms with van der Waals surface area (Å²) in [5.74, 6) is 0. The van der Waals surface area contributed by atoms with Gasteiger partial charge in [0.25, 0.3) is 0 Å². The highest BCUT2D eigenvalue weighted by Gasteiger charge is 2.19. The second kappa shape index (κ2) is 5.19. The topological polar surface area (TPSA) is 15.3 Å². The molecule has 0 amide bonds. The van der Waals surface area contributed by atoms with Gasteiger partial charge < -0.3 is 10.2 Å². The van der Waals surface area contributed by atoms with Crippen molar-refractivity contribution in [3.63, 3.8) is 0 Å². The number of hydrogen-bond acceptors (Lipinski definition) is 2. The van der Waals surface area contributed by atoms with E-state index in [1.165, 1.54) is 24.1 Å². The Morgan fingerprint density at radius 3 is 2.88 bits per heavy atom. The van der Waals surface area contributed by atoms with E-state index in [2.05, 4.69) is 58.3 Å². The van der Waals surface area contributed by atoms with Gasteiger partial charge in [0.2, 0.25) is 0 Å². The average Bonchev–Trinajstić information content (AvgIpc) is 3.05. The van der Waals surface area contributed by atoms with Gasteiger partial charge in [-0.2, -0.15) is 0 Å². The van der Waals surface area contributed by atoms with E-state index in [1.807, 2.05) is 0 Å². The number of nitrogens with zero attached hydrogens (tertiary/aromatic N) is 1.